The van der Waals surface area contributed by atoms with Crippen molar-refractivity contribution in [3.8, 4) is 5.75 Å². The van der Waals surface area contributed by atoms with Crippen molar-refractivity contribution in [1.82, 2.24) is 0 Å². The molecule has 23 heavy (non-hydrogen) atoms. The number of nitro benzene ring substituents is 1. The van der Waals surface area contributed by atoms with Crippen molar-refractivity contribution in [1.29, 1.82) is 0 Å². The van der Waals surface area contributed by atoms with Gasteiger partial charge in [-0.1, -0.05) is 29.3 Å². The molecule has 2 rings (SSSR count). The van der Waals surface area contributed by atoms with Crippen LogP contribution in [0.4, 0.5) is 11.4 Å². The number of nitro groups is 1. The third-order valence-corrected chi connectivity index (χ3v) is 3.44. The molecule has 0 heterocycles. The highest BCUT2D eigenvalue weighted by Gasteiger charge is 2.22. The molecular formula is C15H12Cl2N2O4. The van der Waals surface area contributed by atoms with Gasteiger partial charge in [-0.25, -0.2) is 0 Å². The number of amides is 1. The molecular weight excluding hydrogens is 343 g/mol. The number of anilines is 1. The zero-order valence-corrected chi connectivity index (χ0v) is 13.5. The van der Waals surface area contributed by atoms with E-state index in [1.54, 1.807) is 25.1 Å². The Labute approximate surface area is 142 Å². The Balaban J connectivity index is 2.37. The number of ether oxygens (including phenoxy) is 1. The molecule has 0 aliphatic rings. The third kappa shape index (κ3) is 3.91. The SMILES string of the molecule is CCOc1c(Cl)cccc1NC(=O)c1ccc(Cl)cc1[N+](=O)[O-]. The van der Waals surface area contributed by atoms with Gasteiger partial charge in [-0.15, -0.1) is 0 Å². The van der Waals surface area contributed by atoms with Gasteiger partial charge in [0.2, 0.25) is 0 Å². The second-order valence-corrected chi connectivity index (χ2v) is 5.27. The number of carbonyl (C=O) groups is 1. The van der Waals surface area contributed by atoms with Crippen molar-refractivity contribution in [2.75, 3.05) is 11.9 Å². The van der Waals surface area contributed by atoms with Crippen LogP contribution >= 0.6 is 23.2 Å². The van der Waals surface area contributed by atoms with Gasteiger partial charge >= 0.3 is 0 Å². The van der Waals surface area contributed by atoms with Gasteiger partial charge in [0, 0.05) is 11.1 Å². The van der Waals surface area contributed by atoms with Gasteiger partial charge in [0.05, 0.1) is 22.2 Å². The molecule has 2 aromatic rings. The monoisotopic (exact) mass is 354 g/mol. The van der Waals surface area contributed by atoms with Gasteiger partial charge in [0.1, 0.15) is 5.56 Å². The van der Waals surface area contributed by atoms with E-state index < -0.39 is 10.8 Å². The number of para-hydroxylation sites is 1. The van der Waals surface area contributed by atoms with Crippen LogP contribution < -0.4 is 10.1 Å². The van der Waals surface area contributed by atoms with Crippen molar-refractivity contribution in [2.24, 2.45) is 0 Å². The van der Waals surface area contributed by atoms with Gasteiger partial charge in [-0.2, -0.15) is 0 Å². The van der Waals surface area contributed by atoms with Crippen LogP contribution in [0.1, 0.15) is 17.3 Å². The number of halogens is 2. The summed E-state index contributed by atoms with van der Waals surface area (Å²) in [5, 5.41) is 14.1. The molecule has 2 aromatic carbocycles. The van der Waals surface area contributed by atoms with E-state index in [9.17, 15) is 14.9 Å². The Morgan fingerprint density at radius 1 is 1.30 bits per heavy atom. The van der Waals surface area contributed by atoms with Gasteiger partial charge in [-0.3, -0.25) is 14.9 Å². The first kappa shape index (κ1) is 17.1. The van der Waals surface area contributed by atoms with Gasteiger partial charge < -0.3 is 10.1 Å². The van der Waals surface area contributed by atoms with Crippen molar-refractivity contribution in [3.63, 3.8) is 0 Å². The van der Waals surface area contributed by atoms with Crippen LogP contribution in [0.25, 0.3) is 0 Å². The Morgan fingerprint density at radius 2 is 2.04 bits per heavy atom. The van der Waals surface area contributed by atoms with Crippen LogP contribution in [0.5, 0.6) is 5.75 Å². The molecule has 0 atom stereocenters. The van der Waals surface area contributed by atoms with Gasteiger partial charge in [-0.05, 0) is 31.2 Å². The van der Waals surface area contributed by atoms with E-state index in [-0.39, 0.29) is 16.3 Å². The minimum absolute atomic E-state index is 0.109. The zero-order valence-electron chi connectivity index (χ0n) is 12.0. The fraction of sp³-hybridized carbons (Fsp3) is 0.133. The Bertz CT molecular complexity index is 765. The van der Waals surface area contributed by atoms with Crippen molar-refractivity contribution in [3.05, 3.63) is 62.1 Å². The van der Waals surface area contributed by atoms with E-state index in [1.165, 1.54) is 12.1 Å². The summed E-state index contributed by atoms with van der Waals surface area (Å²) in [7, 11) is 0. The van der Waals surface area contributed by atoms with Crippen molar-refractivity contribution in [2.45, 2.75) is 6.92 Å². The molecule has 0 saturated heterocycles. The Kier molecular flexibility index (Phi) is 5.41. The second kappa shape index (κ2) is 7.30. The van der Waals surface area contributed by atoms with E-state index >= 15 is 0 Å². The molecule has 0 spiro atoms. The van der Waals surface area contributed by atoms with Gasteiger partial charge in [0.15, 0.2) is 5.75 Å². The summed E-state index contributed by atoms with van der Waals surface area (Å²) in [5.41, 5.74) is -0.162. The molecule has 6 nitrogen and oxygen atoms in total. The molecule has 0 aliphatic heterocycles. The summed E-state index contributed by atoms with van der Waals surface area (Å²) in [5.74, 6) is -0.349. The molecule has 0 aromatic heterocycles. The van der Waals surface area contributed by atoms with Gasteiger partial charge in [0.25, 0.3) is 11.6 Å². The maximum Gasteiger partial charge on any atom is 0.283 e. The Morgan fingerprint density at radius 3 is 2.70 bits per heavy atom. The first-order valence-electron chi connectivity index (χ1n) is 6.60. The lowest BCUT2D eigenvalue weighted by atomic mass is 10.1. The zero-order chi connectivity index (χ0) is 17.0. The summed E-state index contributed by atoms with van der Waals surface area (Å²) in [6.07, 6.45) is 0. The fourth-order valence-corrected chi connectivity index (χ4v) is 2.33. The highest BCUT2D eigenvalue weighted by atomic mass is 35.5. The first-order chi connectivity index (χ1) is 10.9. The maximum atomic E-state index is 12.4. The highest BCUT2D eigenvalue weighted by Crippen LogP contribution is 2.34. The van der Waals surface area contributed by atoms with Crippen LogP contribution in [-0.4, -0.2) is 17.4 Å². The largest absolute Gasteiger partial charge is 0.490 e. The number of hydrogen-bond donors (Lipinski definition) is 1. The van der Waals surface area contributed by atoms with Crippen molar-refractivity contribution < 1.29 is 14.5 Å². The normalized spacial score (nSPS) is 10.2. The van der Waals surface area contributed by atoms with E-state index in [0.717, 1.165) is 6.07 Å². The maximum absolute atomic E-state index is 12.4. The molecule has 0 bridgehead atoms. The molecule has 0 aliphatic carbocycles. The second-order valence-electron chi connectivity index (χ2n) is 4.42. The lowest BCUT2D eigenvalue weighted by Crippen LogP contribution is -2.15. The quantitative estimate of drug-likeness (QED) is 0.630. The van der Waals surface area contributed by atoms with E-state index in [2.05, 4.69) is 5.32 Å². The number of benzene rings is 2. The predicted octanol–water partition coefficient (Wildman–Crippen LogP) is 4.55. The summed E-state index contributed by atoms with van der Waals surface area (Å²) < 4.78 is 5.40. The number of hydrogen-bond acceptors (Lipinski definition) is 4. The van der Waals surface area contributed by atoms with Crippen LogP contribution in [-0.2, 0) is 0 Å². The number of nitrogens with zero attached hydrogens (tertiary/aromatic N) is 1. The average molecular weight is 355 g/mol. The summed E-state index contributed by atoms with van der Waals surface area (Å²) in [6, 6.07) is 8.67. The first-order valence-corrected chi connectivity index (χ1v) is 7.36. The predicted molar refractivity (Wildman–Crippen MR) is 88.7 cm³/mol. The topological polar surface area (TPSA) is 81.5 Å². The van der Waals surface area contributed by atoms with Crippen molar-refractivity contribution >= 4 is 40.5 Å². The summed E-state index contributed by atoms with van der Waals surface area (Å²) in [6.45, 7) is 2.13. The standard InChI is InChI=1S/C15H12Cl2N2O4/c1-2-23-14-11(17)4-3-5-12(14)18-15(20)10-7-6-9(16)8-13(10)19(21)22/h3-8H,2H2,1H3,(H,18,20). The fourth-order valence-electron chi connectivity index (χ4n) is 1.94. The van der Waals surface area contributed by atoms with Crippen LogP contribution in [0.2, 0.25) is 10.0 Å². The smallest absolute Gasteiger partial charge is 0.283 e. The molecule has 120 valence electrons. The highest BCUT2D eigenvalue weighted by molar-refractivity contribution is 6.32. The lowest BCUT2D eigenvalue weighted by molar-refractivity contribution is -0.385. The van der Waals surface area contributed by atoms with E-state index in [0.29, 0.717) is 23.1 Å². The van der Waals surface area contributed by atoms with Crippen LogP contribution in [0.15, 0.2) is 36.4 Å². The number of nitrogens with one attached hydrogen (secondary N) is 1. The van der Waals surface area contributed by atoms with E-state index in [4.69, 9.17) is 27.9 Å². The molecule has 0 saturated carbocycles. The molecule has 8 heteroatoms. The molecule has 0 fully saturated rings. The molecule has 1 amide bonds. The third-order valence-electron chi connectivity index (χ3n) is 2.90. The molecule has 0 radical (unpaired) electrons. The van der Waals surface area contributed by atoms with Crippen LogP contribution in [0.3, 0.4) is 0 Å². The minimum Gasteiger partial charge on any atom is -0.490 e. The number of rotatable bonds is 5. The molecule has 1 N–H and O–H groups in total. The summed E-state index contributed by atoms with van der Waals surface area (Å²) in [4.78, 5) is 22.8. The van der Waals surface area contributed by atoms with E-state index in [1.807, 2.05) is 0 Å². The summed E-state index contributed by atoms with van der Waals surface area (Å²) >= 11 is 11.8. The number of carbonyl (C=O) groups excluding carboxylic acids is 1. The average Bonchev–Trinajstić information content (AvgIpc) is 2.50. The minimum atomic E-state index is -0.664. The molecule has 0 unspecified atom stereocenters. The van der Waals surface area contributed by atoms with Crippen LogP contribution in [0, 0.1) is 10.1 Å². The Hall–Kier alpha value is -2.31. The lowest BCUT2D eigenvalue weighted by Gasteiger charge is -2.13.